The Hall–Kier alpha value is -3.21. The number of H-pyrrole nitrogens is 1. The van der Waals surface area contributed by atoms with Gasteiger partial charge in [0.2, 0.25) is 0 Å². The second-order valence-corrected chi connectivity index (χ2v) is 6.71. The third-order valence-corrected chi connectivity index (χ3v) is 5.19. The Kier molecular flexibility index (Phi) is 4.13. The maximum Gasteiger partial charge on any atom is 0.269 e. The van der Waals surface area contributed by atoms with Crippen LogP contribution in [0.2, 0.25) is 0 Å². The van der Waals surface area contributed by atoms with Gasteiger partial charge in [0.1, 0.15) is 0 Å². The Balaban J connectivity index is 1.79. The van der Waals surface area contributed by atoms with E-state index in [1.54, 1.807) is 12.4 Å². The number of aromatic nitrogens is 5. The van der Waals surface area contributed by atoms with Crippen molar-refractivity contribution in [3.05, 3.63) is 30.4 Å². The molecule has 1 amide bonds. The van der Waals surface area contributed by atoms with Crippen LogP contribution in [0.25, 0.3) is 22.2 Å². The van der Waals surface area contributed by atoms with Gasteiger partial charge in [-0.3, -0.25) is 9.48 Å². The molecular weight excluding hydrogens is 330 g/mol. The minimum absolute atomic E-state index is 0.0461. The van der Waals surface area contributed by atoms with Crippen molar-refractivity contribution < 1.29 is 4.79 Å². The van der Waals surface area contributed by atoms with E-state index in [1.807, 2.05) is 16.9 Å². The molecule has 1 atom stereocenters. The number of aromatic amines is 1. The summed E-state index contributed by atoms with van der Waals surface area (Å²) in [5.74, 6) is -0.173. The fourth-order valence-electron chi connectivity index (χ4n) is 3.95. The third kappa shape index (κ3) is 2.71. The molecule has 26 heavy (non-hydrogen) atoms. The van der Waals surface area contributed by atoms with E-state index in [4.69, 9.17) is 5.73 Å². The van der Waals surface area contributed by atoms with Crippen molar-refractivity contribution in [2.45, 2.75) is 38.1 Å². The maximum atomic E-state index is 11.9. The number of carbonyl (C=O) groups is 1. The van der Waals surface area contributed by atoms with Crippen LogP contribution in [-0.2, 0) is 0 Å². The van der Waals surface area contributed by atoms with Gasteiger partial charge in [-0.1, -0.05) is 12.8 Å². The lowest BCUT2D eigenvalue weighted by Gasteiger charge is -2.21. The molecule has 1 fully saturated rings. The molecule has 1 aliphatic rings. The smallest absolute Gasteiger partial charge is 0.269 e. The first kappa shape index (κ1) is 16.3. The maximum absolute atomic E-state index is 11.9. The van der Waals surface area contributed by atoms with E-state index in [1.165, 1.54) is 12.8 Å². The van der Waals surface area contributed by atoms with Gasteiger partial charge in [0, 0.05) is 28.9 Å². The molecule has 8 nitrogen and oxygen atoms in total. The topological polar surface area (TPSA) is 126 Å². The molecular formula is C18H19N7O. The van der Waals surface area contributed by atoms with Gasteiger partial charge in [-0.05, 0) is 24.8 Å². The molecule has 1 aliphatic carbocycles. The number of nitrogens with one attached hydrogen (secondary N) is 1. The summed E-state index contributed by atoms with van der Waals surface area (Å²) < 4.78 is 1.86. The number of rotatable bonds is 5. The number of nitrogens with two attached hydrogens (primary N) is 1. The van der Waals surface area contributed by atoms with Crippen molar-refractivity contribution in [3.63, 3.8) is 0 Å². The van der Waals surface area contributed by atoms with Crippen LogP contribution in [0.15, 0.2) is 24.7 Å². The lowest BCUT2D eigenvalue weighted by atomic mass is 9.96. The summed E-state index contributed by atoms with van der Waals surface area (Å²) in [7, 11) is 0. The quantitative estimate of drug-likeness (QED) is 0.732. The van der Waals surface area contributed by atoms with Crippen molar-refractivity contribution >= 4 is 16.9 Å². The van der Waals surface area contributed by atoms with Crippen molar-refractivity contribution in [2.24, 2.45) is 11.7 Å². The number of amides is 1. The van der Waals surface area contributed by atoms with Crippen LogP contribution < -0.4 is 5.73 Å². The van der Waals surface area contributed by atoms with Crippen LogP contribution in [0.3, 0.4) is 0 Å². The van der Waals surface area contributed by atoms with E-state index < -0.39 is 5.91 Å². The van der Waals surface area contributed by atoms with Crippen molar-refractivity contribution in [2.75, 3.05) is 0 Å². The molecule has 0 bridgehead atoms. The van der Waals surface area contributed by atoms with Gasteiger partial charge in [-0.15, -0.1) is 10.2 Å². The van der Waals surface area contributed by atoms with Crippen LogP contribution in [0.5, 0.6) is 0 Å². The molecule has 0 aromatic carbocycles. The predicted octanol–water partition coefficient (Wildman–Crippen LogP) is 2.57. The molecule has 3 aromatic rings. The summed E-state index contributed by atoms with van der Waals surface area (Å²) in [5, 5.41) is 22.5. The van der Waals surface area contributed by atoms with Crippen LogP contribution in [0.1, 0.15) is 48.6 Å². The average Bonchev–Trinajstić information content (AvgIpc) is 3.39. The summed E-state index contributed by atoms with van der Waals surface area (Å²) in [6, 6.07) is 4.17. The summed E-state index contributed by atoms with van der Waals surface area (Å²) >= 11 is 0. The second-order valence-electron chi connectivity index (χ2n) is 6.71. The van der Waals surface area contributed by atoms with Crippen LogP contribution >= 0.6 is 0 Å². The molecule has 3 N–H and O–H groups in total. The summed E-state index contributed by atoms with van der Waals surface area (Å²) in [4.78, 5) is 14.8. The predicted molar refractivity (Wildman–Crippen MR) is 94.9 cm³/mol. The standard InChI is InChI=1S/C18H19N7O/c19-7-5-14(11-3-1-2-4-11)25-10-12(9-22-25)15-13-6-8-21-18(13)24-23-16(15)17(20)26/h6,8-11,14H,1-5H2,(H2,20,26)(H,21,24). The Morgan fingerprint density at radius 1 is 1.42 bits per heavy atom. The molecule has 132 valence electrons. The summed E-state index contributed by atoms with van der Waals surface area (Å²) in [5.41, 5.74) is 7.58. The second kappa shape index (κ2) is 6.59. The van der Waals surface area contributed by atoms with E-state index >= 15 is 0 Å². The normalized spacial score (nSPS) is 16.0. The number of nitrogens with zero attached hydrogens (tertiary/aromatic N) is 5. The van der Waals surface area contributed by atoms with Gasteiger partial charge in [-0.2, -0.15) is 10.4 Å². The highest BCUT2D eigenvalue weighted by Crippen LogP contribution is 2.37. The molecule has 8 heteroatoms. The molecule has 3 heterocycles. The molecule has 4 rings (SSSR count). The van der Waals surface area contributed by atoms with Crippen LogP contribution in [0.4, 0.5) is 0 Å². The zero-order valence-corrected chi connectivity index (χ0v) is 14.2. The highest BCUT2D eigenvalue weighted by molar-refractivity contribution is 6.05. The van der Waals surface area contributed by atoms with Crippen molar-refractivity contribution in [3.8, 4) is 17.2 Å². The first-order chi connectivity index (χ1) is 12.7. The Morgan fingerprint density at radius 2 is 2.23 bits per heavy atom. The molecule has 0 aliphatic heterocycles. The monoisotopic (exact) mass is 349 g/mol. The number of primary amides is 1. The number of carbonyl (C=O) groups excluding carboxylic acids is 1. The first-order valence-electron chi connectivity index (χ1n) is 8.74. The zero-order chi connectivity index (χ0) is 18.1. The number of hydrogen-bond acceptors (Lipinski definition) is 5. The van der Waals surface area contributed by atoms with E-state index in [2.05, 4.69) is 26.3 Å². The Labute approximate surface area is 150 Å². The lowest BCUT2D eigenvalue weighted by Crippen LogP contribution is -2.17. The molecule has 1 saturated carbocycles. The van der Waals surface area contributed by atoms with Crippen LogP contribution in [-0.4, -0.2) is 30.9 Å². The molecule has 0 radical (unpaired) electrons. The Morgan fingerprint density at radius 3 is 2.96 bits per heavy atom. The molecule has 1 unspecified atom stereocenters. The minimum Gasteiger partial charge on any atom is -0.364 e. The Bertz CT molecular complexity index is 991. The zero-order valence-electron chi connectivity index (χ0n) is 14.2. The molecule has 0 saturated heterocycles. The van der Waals surface area contributed by atoms with Crippen molar-refractivity contribution in [1.29, 1.82) is 5.26 Å². The third-order valence-electron chi connectivity index (χ3n) is 5.19. The number of hydrogen-bond donors (Lipinski definition) is 2. The van der Waals surface area contributed by atoms with Gasteiger partial charge >= 0.3 is 0 Å². The van der Waals surface area contributed by atoms with Crippen molar-refractivity contribution in [1.82, 2.24) is 25.0 Å². The fourth-order valence-corrected chi connectivity index (χ4v) is 3.95. The average molecular weight is 349 g/mol. The number of fused-ring (bicyclic) bond motifs is 1. The van der Waals surface area contributed by atoms with Gasteiger partial charge < -0.3 is 10.7 Å². The van der Waals surface area contributed by atoms with E-state index in [0.29, 0.717) is 23.5 Å². The van der Waals surface area contributed by atoms with Crippen LogP contribution in [0, 0.1) is 17.2 Å². The van der Waals surface area contributed by atoms with Gasteiger partial charge in [0.25, 0.3) is 5.91 Å². The van der Waals surface area contributed by atoms with E-state index in [0.717, 1.165) is 23.8 Å². The summed E-state index contributed by atoms with van der Waals surface area (Å²) in [6.45, 7) is 0. The largest absolute Gasteiger partial charge is 0.364 e. The lowest BCUT2D eigenvalue weighted by molar-refractivity contribution is 0.0995. The number of nitriles is 1. The first-order valence-corrected chi connectivity index (χ1v) is 8.74. The van der Waals surface area contributed by atoms with E-state index in [-0.39, 0.29) is 11.7 Å². The van der Waals surface area contributed by atoms with Gasteiger partial charge in [0.15, 0.2) is 11.3 Å². The summed E-state index contributed by atoms with van der Waals surface area (Å²) in [6.07, 6.45) is 10.4. The van der Waals surface area contributed by atoms with E-state index in [9.17, 15) is 10.1 Å². The van der Waals surface area contributed by atoms with Gasteiger partial charge in [0.05, 0.1) is 24.7 Å². The molecule has 0 spiro atoms. The van der Waals surface area contributed by atoms with Gasteiger partial charge in [-0.25, -0.2) is 0 Å². The highest BCUT2D eigenvalue weighted by Gasteiger charge is 2.28. The fraction of sp³-hybridized carbons (Fsp3) is 0.389. The SMILES string of the molecule is N#CCC(C1CCCC1)n1cc(-c2c(C(N)=O)nnc3[nH]ccc23)cn1. The molecule has 3 aromatic heterocycles. The highest BCUT2D eigenvalue weighted by atomic mass is 16.1. The minimum atomic E-state index is -0.632.